The minimum atomic E-state index is -4.48. The first-order valence-electron chi connectivity index (χ1n) is 6.62. The maximum absolute atomic E-state index is 12.1. The van der Waals surface area contributed by atoms with Crippen molar-refractivity contribution in [3.63, 3.8) is 0 Å². The number of carbonyl (C=O) groups is 2. The quantitative estimate of drug-likeness (QED) is 0.922. The Hall–Kier alpha value is -2.38. The molecule has 1 aliphatic rings. The summed E-state index contributed by atoms with van der Waals surface area (Å²) < 4.78 is 36.3. The average Bonchev–Trinajstić information content (AvgIpc) is 2.47. The summed E-state index contributed by atoms with van der Waals surface area (Å²) in [6.45, 7) is -1.24. The van der Waals surface area contributed by atoms with Gasteiger partial charge in [0.1, 0.15) is 12.3 Å². The van der Waals surface area contributed by atoms with E-state index in [-0.39, 0.29) is 31.0 Å². The van der Waals surface area contributed by atoms with Crippen LogP contribution in [0.25, 0.3) is 0 Å². The number of hydrazone groups is 1. The lowest BCUT2D eigenvalue weighted by Crippen LogP contribution is -2.41. The number of benzene rings is 1. The molecule has 0 saturated carbocycles. The lowest BCUT2D eigenvalue weighted by atomic mass is 10.1. The van der Waals surface area contributed by atoms with E-state index in [1.807, 2.05) is 6.07 Å². The summed E-state index contributed by atoms with van der Waals surface area (Å²) in [4.78, 5) is 23.5. The van der Waals surface area contributed by atoms with Crippen molar-refractivity contribution in [2.45, 2.75) is 25.6 Å². The van der Waals surface area contributed by atoms with Gasteiger partial charge >= 0.3 is 6.18 Å². The highest BCUT2D eigenvalue weighted by molar-refractivity contribution is 6.39. The minimum Gasteiger partial charge on any atom is -0.342 e. The fraction of sp³-hybridized carbons (Fsp3) is 0.357. The average molecular weight is 313 g/mol. The van der Waals surface area contributed by atoms with Gasteiger partial charge in [-0.1, -0.05) is 30.3 Å². The van der Waals surface area contributed by atoms with Gasteiger partial charge in [0.25, 0.3) is 5.91 Å². The summed E-state index contributed by atoms with van der Waals surface area (Å²) in [5.41, 5.74) is 0.747. The molecule has 0 atom stereocenters. The minimum absolute atomic E-state index is 0.0355. The van der Waals surface area contributed by atoms with Crippen LogP contribution in [0.4, 0.5) is 13.2 Å². The summed E-state index contributed by atoms with van der Waals surface area (Å²) in [6.07, 6.45) is -4.40. The molecule has 0 saturated heterocycles. The van der Waals surface area contributed by atoms with E-state index in [0.717, 1.165) is 10.6 Å². The van der Waals surface area contributed by atoms with Gasteiger partial charge in [-0.3, -0.25) is 9.59 Å². The molecule has 0 bridgehead atoms. The molecule has 22 heavy (non-hydrogen) atoms. The van der Waals surface area contributed by atoms with E-state index in [9.17, 15) is 22.8 Å². The molecule has 5 nitrogen and oxygen atoms in total. The molecular formula is C14H14F3N3O2. The first kappa shape index (κ1) is 16.0. The van der Waals surface area contributed by atoms with E-state index in [0.29, 0.717) is 0 Å². The first-order chi connectivity index (χ1) is 10.3. The predicted molar refractivity (Wildman–Crippen MR) is 72.7 cm³/mol. The third-order valence-electron chi connectivity index (χ3n) is 2.99. The van der Waals surface area contributed by atoms with Gasteiger partial charge < -0.3 is 5.32 Å². The highest BCUT2D eigenvalue weighted by Gasteiger charge is 2.30. The molecule has 118 valence electrons. The molecule has 2 rings (SSSR count). The number of hydrogen-bond acceptors (Lipinski definition) is 3. The molecular weight excluding hydrogens is 299 g/mol. The molecule has 1 aromatic carbocycles. The predicted octanol–water partition coefficient (Wildman–Crippen LogP) is 1.84. The number of nitrogens with zero attached hydrogens (tertiary/aromatic N) is 2. The zero-order valence-corrected chi connectivity index (χ0v) is 11.6. The Morgan fingerprint density at radius 1 is 1.23 bits per heavy atom. The maximum Gasteiger partial charge on any atom is 0.405 e. The lowest BCUT2D eigenvalue weighted by molar-refractivity contribution is -0.136. The van der Waals surface area contributed by atoms with Gasteiger partial charge in [-0.15, -0.1) is 0 Å². The third-order valence-corrected chi connectivity index (χ3v) is 2.99. The maximum atomic E-state index is 12.1. The highest BCUT2D eigenvalue weighted by Crippen LogP contribution is 2.15. The Labute approximate surface area is 124 Å². The largest absolute Gasteiger partial charge is 0.405 e. The Bertz CT molecular complexity index is 585. The number of halogens is 3. The van der Waals surface area contributed by atoms with Crippen LogP contribution in [0.5, 0.6) is 0 Å². The molecule has 1 N–H and O–H groups in total. The number of nitrogens with one attached hydrogen (secondary N) is 1. The van der Waals surface area contributed by atoms with Crippen LogP contribution >= 0.6 is 0 Å². The van der Waals surface area contributed by atoms with Gasteiger partial charge in [-0.2, -0.15) is 18.3 Å². The van der Waals surface area contributed by atoms with E-state index in [1.165, 1.54) is 0 Å². The van der Waals surface area contributed by atoms with Gasteiger partial charge in [0.2, 0.25) is 5.91 Å². The van der Waals surface area contributed by atoms with Crippen LogP contribution in [0.15, 0.2) is 35.4 Å². The number of alkyl halides is 3. The van der Waals surface area contributed by atoms with Crippen molar-refractivity contribution in [2.24, 2.45) is 5.10 Å². The van der Waals surface area contributed by atoms with Crippen molar-refractivity contribution in [3.8, 4) is 0 Å². The standard InChI is InChI=1S/C14H14F3N3O2/c15-14(16,17)9-18-13(22)11-6-7-12(21)20(19-11)8-10-4-2-1-3-5-10/h1-5H,6-9H2,(H,18,22). The number of rotatable bonds is 4. The smallest absolute Gasteiger partial charge is 0.342 e. The van der Waals surface area contributed by atoms with Crippen molar-refractivity contribution in [1.82, 2.24) is 10.3 Å². The van der Waals surface area contributed by atoms with Crippen LogP contribution in [0.2, 0.25) is 0 Å². The molecule has 0 aliphatic carbocycles. The molecule has 0 fully saturated rings. The van der Waals surface area contributed by atoms with E-state index >= 15 is 0 Å². The summed E-state index contributed by atoms with van der Waals surface area (Å²) in [7, 11) is 0. The topological polar surface area (TPSA) is 61.8 Å². The highest BCUT2D eigenvalue weighted by atomic mass is 19.4. The Morgan fingerprint density at radius 2 is 1.91 bits per heavy atom. The van der Waals surface area contributed by atoms with Gasteiger partial charge in [0.15, 0.2) is 0 Å². The fourth-order valence-corrected chi connectivity index (χ4v) is 1.93. The molecule has 0 radical (unpaired) electrons. The summed E-state index contributed by atoms with van der Waals surface area (Å²) >= 11 is 0. The fourth-order valence-electron chi connectivity index (χ4n) is 1.93. The Morgan fingerprint density at radius 3 is 2.55 bits per heavy atom. The van der Waals surface area contributed by atoms with E-state index in [1.54, 1.807) is 29.6 Å². The Kier molecular flexibility index (Phi) is 4.79. The molecule has 0 aromatic heterocycles. The SMILES string of the molecule is O=C(NCC(F)(F)F)C1=NN(Cc2ccccc2)C(=O)CC1. The van der Waals surface area contributed by atoms with Gasteiger partial charge in [0, 0.05) is 12.8 Å². The molecule has 2 amide bonds. The monoisotopic (exact) mass is 313 g/mol. The molecule has 8 heteroatoms. The summed E-state index contributed by atoms with van der Waals surface area (Å²) in [5, 5.41) is 6.75. The van der Waals surface area contributed by atoms with Gasteiger partial charge in [-0.05, 0) is 5.56 Å². The number of carbonyl (C=O) groups excluding carboxylic acids is 2. The van der Waals surface area contributed by atoms with Crippen molar-refractivity contribution in [3.05, 3.63) is 35.9 Å². The van der Waals surface area contributed by atoms with Crippen LogP contribution in [-0.4, -0.2) is 35.3 Å². The van der Waals surface area contributed by atoms with Crippen molar-refractivity contribution in [1.29, 1.82) is 0 Å². The second-order valence-electron chi connectivity index (χ2n) is 4.78. The van der Waals surface area contributed by atoms with Crippen molar-refractivity contribution < 1.29 is 22.8 Å². The van der Waals surface area contributed by atoms with E-state index in [2.05, 4.69) is 5.10 Å². The van der Waals surface area contributed by atoms with Crippen molar-refractivity contribution >= 4 is 17.5 Å². The second kappa shape index (κ2) is 6.59. The van der Waals surface area contributed by atoms with E-state index < -0.39 is 18.6 Å². The zero-order valence-electron chi connectivity index (χ0n) is 11.6. The second-order valence-corrected chi connectivity index (χ2v) is 4.78. The Balaban J connectivity index is 2.04. The molecule has 1 heterocycles. The van der Waals surface area contributed by atoms with Crippen molar-refractivity contribution in [2.75, 3.05) is 6.54 Å². The first-order valence-corrected chi connectivity index (χ1v) is 6.62. The molecule has 1 aliphatic heterocycles. The zero-order chi connectivity index (χ0) is 16.2. The number of hydrogen-bond donors (Lipinski definition) is 1. The van der Waals surface area contributed by atoms with Crippen LogP contribution < -0.4 is 5.32 Å². The molecule has 0 spiro atoms. The lowest BCUT2D eigenvalue weighted by Gasteiger charge is -2.23. The third kappa shape index (κ3) is 4.57. The van der Waals surface area contributed by atoms with Crippen LogP contribution in [0.3, 0.4) is 0 Å². The van der Waals surface area contributed by atoms with Crippen LogP contribution in [0, 0.1) is 0 Å². The van der Waals surface area contributed by atoms with Crippen LogP contribution in [0.1, 0.15) is 18.4 Å². The summed E-state index contributed by atoms with van der Waals surface area (Å²) in [5.74, 6) is -1.17. The van der Waals surface area contributed by atoms with Gasteiger partial charge in [0.05, 0.1) is 6.54 Å². The summed E-state index contributed by atoms with van der Waals surface area (Å²) in [6, 6.07) is 9.00. The molecule has 0 unspecified atom stereocenters. The van der Waals surface area contributed by atoms with Crippen LogP contribution in [-0.2, 0) is 16.1 Å². The van der Waals surface area contributed by atoms with E-state index in [4.69, 9.17) is 0 Å². The molecule has 1 aromatic rings. The number of amides is 2. The van der Waals surface area contributed by atoms with Gasteiger partial charge in [-0.25, -0.2) is 5.01 Å². The normalized spacial score (nSPS) is 15.5.